The Morgan fingerprint density at radius 1 is 1.07 bits per heavy atom. The van der Waals surface area contributed by atoms with Crippen LogP contribution in [0.2, 0.25) is 0 Å². The number of allylic oxidation sites excluding steroid dienone is 1. The van der Waals surface area contributed by atoms with Crippen LogP contribution in [-0.2, 0) is 4.79 Å². The van der Waals surface area contributed by atoms with E-state index in [0.717, 1.165) is 0 Å². The number of ketones is 1. The van der Waals surface area contributed by atoms with Gasteiger partial charge < -0.3 is 19.1 Å². The molecule has 0 atom stereocenters. The number of alkyl halides is 2. The molecule has 2 aromatic carbocycles. The summed E-state index contributed by atoms with van der Waals surface area (Å²) in [5.74, 6) is 0.199. The molecule has 0 heterocycles. The van der Waals surface area contributed by atoms with Gasteiger partial charge in [-0.05, 0) is 42.8 Å². The summed E-state index contributed by atoms with van der Waals surface area (Å²) in [6.07, 6.45) is 2.89. The van der Waals surface area contributed by atoms with Crippen molar-refractivity contribution in [1.82, 2.24) is 4.90 Å². The second-order valence-corrected chi connectivity index (χ2v) is 6.32. The van der Waals surface area contributed by atoms with Crippen molar-refractivity contribution in [2.75, 3.05) is 27.3 Å². The third-order valence-electron chi connectivity index (χ3n) is 3.89. The summed E-state index contributed by atoms with van der Waals surface area (Å²) in [4.78, 5) is 25.5. The summed E-state index contributed by atoms with van der Waals surface area (Å²) in [7, 11) is 3.27. The molecule has 0 aliphatic carbocycles. The van der Waals surface area contributed by atoms with E-state index in [-0.39, 0.29) is 29.6 Å². The van der Waals surface area contributed by atoms with Gasteiger partial charge >= 0.3 is 6.61 Å². The molecule has 1 amide bonds. The van der Waals surface area contributed by atoms with Gasteiger partial charge in [0.1, 0.15) is 5.75 Å². The zero-order valence-corrected chi connectivity index (χ0v) is 16.9. The summed E-state index contributed by atoms with van der Waals surface area (Å²) >= 11 is 0. The monoisotopic (exact) mass is 419 g/mol. The van der Waals surface area contributed by atoms with E-state index in [1.165, 1.54) is 35.2 Å². The summed E-state index contributed by atoms with van der Waals surface area (Å²) in [5.41, 5.74) is 0.884. The largest absolute Gasteiger partial charge is 0.490 e. The Morgan fingerprint density at radius 3 is 2.50 bits per heavy atom. The van der Waals surface area contributed by atoms with Gasteiger partial charge in [0.05, 0.1) is 6.61 Å². The van der Waals surface area contributed by atoms with Crippen molar-refractivity contribution in [1.29, 1.82) is 0 Å². The van der Waals surface area contributed by atoms with Gasteiger partial charge in [-0.15, -0.1) is 0 Å². The highest BCUT2D eigenvalue weighted by molar-refractivity contribution is 6.07. The van der Waals surface area contributed by atoms with Gasteiger partial charge in [-0.1, -0.05) is 24.3 Å². The predicted molar refractivity (Wildman–Crippen MR) is 108 cm³/mol. The SMILES string of the molecule is CCOc1cc(/C=C/C(=O)c2cccc(OC(F)F)c2)ccc1OCC(=O)N(C)C. The van der Waals surface area contributed by atoms with E-state index in [9.17, 15) is 18.4 Å². The van der Waals surface area contributed by atoms with E-state index < -0.39 is 6.61 Å². The van der Waals surface area contributed by atoms with Gasteiger partial charge in [0.25, 0.3) is 5.91 Å². The van der Waals surface area contributed by atoms with Crippen LogP contribution in [0.25, 0.3) is 6.08 Å². The number of nitrogens with zero attached hydrogens (tertiary/aromatic N) is 1. The first-order valence-electron chi connectivity index (χ1n) is 9.17. The second-order valence-electron chi connectivity index (χ2n) is 6.32. The molecule has 8 heteroatoms. The Balaban J connectivity index is 2.13. The average molecular weight is 419 g/mol. The maximum atomic E-state index is 12.3. The lowest BCUT2D eigenvalue weighted by Crippen LogP contribution is -2.27. The minimum Gasteiger partial charge on any atom is -0.490 e. The molecule has 0 radical (unpaired) electrons. The van der Waals surface area contributed by atoms with Crippen molar-refractivity contribution >= 4 is 17.8 Å². The molecule has 0 unspecified atom stereocenters. The molecule has 30 heavy (non-hydrogen) atoms. The van der Waals surface area contributed by atoms with Crippen molar-refractivity contribution in [2.45, 2.75) is 13.5 Å². The standard InChI is InChI=1S/C22H23F2NO5/c1-4-28-20-12-15(9-11-19(20)29-14-21(27)25(2)3)8-10-18(26)16-6-5-7-17(13-16)30-22(23)24/h5-13,22H,4,14H2,1-3H3/b10-8+. The van der Waals surface area contributed by atoms with Crippen LogP contribution < -0.4 is 14.2 Å². The minimum absolute atomic E-state index is 0.0864. The van der Waals surface area contributed by atoms with E-state index in [2.05, 4.69) is 4.74 Å². The van der Waals surface area contributed by atoms with Gasteiger partial charge in [0.2, 0.25) is 0 Å². The van der Waals surface area contributed by atoms with Crippen molar-refractivity contribution in [2.24, 2.45) is 0 Å². The number of halogens is 2. The number of carbonyl (C=O) groups excluding carboxylic acids is 2. The lowest BCUT2D eigenvalue weighted by Gasteiger charge is -2.14. The van der Waals surface area contributed by atoms with Gasteiger partial charge in [-0.25, -0.2) is 0 Å². The maximum absolute atomic E-state index is 12.3. The topological polar surface area (TPSA) is 65.1 Å². The number of likely N-dealkylation sites (N-methyl/N-ethyl adjacent to an activating group) is 1. The maximum Gasteiger partial charge on any atom is 0.387 e. The second kappa shape index (κ2) is 10.9. The lowest BCUT2D eigenvalue weighted by molar-refractivity contribution is -0.130. The molecule has 0 aliphatic heterocycles. The first-order valence-corrected chi connectivity index (χ1v) is 9.17. The molecule has 0 fully saturated rings. The Labute approximate surface area is 173 Å². The van der Waals surface area contributed by atoms with Gasteiger partial charge in [0, 0.05) is 19.7 Å². The van der Waals surface area contributed by atoms with Crippen molar-refractivity contribution in [3.05, 3.63) is 59.7 Å². The number of benzene rings is 2. The third-order valence-corrected chi connectivity index (χ3v) is 3.89. The Hall–Kier alpha value is -3.42. The number of carbonyl (C=O) groups is 2. The number of amides is 1. The number of hydrogen-bond donors (Lipinski definition) is 0. The molecule has 0 aliphatic rings. The van der Waals surface area contributed by atoms with Gasteiger partial charge in [-0.3, -0.25) is 9.59 Å². The summed E-state index contributed by atoms with van der Waals surface area (Å²) < 4.78 is 40.1. The molecule has 0 spiro atoms. The van der Waals surface area contributed by atoms with Crippen LogP contribution >= 0.6 is 0 Å². The molecule has 6 nitrogen and oxygen atoms in total. The van der Waals surface area contributed by atoms with Gasteiger partial charge in [-0.2, -0.15) is 8.78 Å². The first-order chi connectivity index (χ1) is 14.3. The van der Waals surface area contributed by atoms with Crippen molar-refractivity contribution in [3.8, 4) is 17.2 Å². The highest BCUT2D eigenvalue weighted by Gasteiger charge is 2.11. The average Bonchev–Trinajstić information content (AvgIpc) is 2.70. The molecule has 160 valence electrons. The molecule has 2 aromatic rings. The minimum atomic E-state index is -2.96. The third kappa shape index (κ3) is 6.88. The quantitative estimate of drug-likeness (QED) is 0.429. The molecule has 0 bridgehead atoms. The van der Waals surface area contributed by atoms with E-state index >= 15 is 0 Å². The zero-order chi connectivity index (χ0) is 22.1. The molecular formula is C22H23F2NO5. The lowest BCUT2D eigenvalue weighted by atomic mass is 10.1. The molecule has 0 N–H and O–H groups in total. The fourth-order valence-electron chi connectivity index (χ4n) is 2.38. The van der Waals surface area contributed by atoms with Crippen LogP contribution in [0.3, 0.4) is 0 Å². The Bertz CT molecular complexity index is 912. The number of ether oxygens (including phenoxy) is 3. The smallest absolute Gasteiger partial charge is 0.387 e. The fourth-order valence-corrected chi connectivity index (χ4v) is 2.38. The highest BCUT2D eigenvalue weighted by Crippen LogP contribution is 2.29. The van der Waals surface area contributed by atoms with E-state index in [1.807, 2.05) is 6.92 Å². The van der Waals surface area contributed by atoms with Crippen molar-refractivity contribution < 1.29 is 32.6 Å². The van der Waals surface area contributed by atoms with E-state index in [1.54, 1.807) is 38.4 Å². The van der Waals surface area contributed by atoms with Crippen LogP contribution in [-0.4, -0.2) is 50.5 Å². The number of rotatable bonds is 10. The highest BCUT2D eigenvalue weighted by atomic mass is 19.3. The van der Waals surface area contributed by atoms with Crippen LogP contribution in [0.1, 0.15) is 22.8 Å². The molecule has 0 saturated carbocycles. The Morgan fingerprint density at radius 2 is 1.83 bits per heavy atom. The fraction of sp³-hybridized carbons (Fsp3) is 0.273. The van der Waals surface area contributed by atoms with Crippen molar-refractivity contribution in [3.63, 3.8) is 0 Å². The first kappa shape index (κ1) is 22.9. The zero-order valence-electron chi connectivity index (χ0n) is 16.9. The molecular weight excluding hydrogens is 396 g/mol. The van der Waals surface area contributed by atoms with E-state index in [4.69, 9.17) is 9.47 Å². The summed E-state index contributed by atoms with van der Waals surface area (Å²) in [5, 5.41) is 0. The predicted octanol–water partition coefficient (Wildman–Crippen LogP) is 4.05. The van der Waals surface area contributed by atoms with Crippen LogP contribution in [0.5, 0.6) is 17.2 Å². The van der Waals surface area contributed by atoms with Gasteiger partial charge in [0.15, 0.2) is 23.9 Å². The summed E-state index contributed by atoms with van der Waals surface area (Å²) in [6, 6.07) is 10.6. The van der Waals surface area contributed by atoms with Crippen LogP contribution in [0, 0.1) is 0 Å². The summed E-state index contributed by atoms with van der Waals surface area (Å²) in [6.45, 7) is -0.884. The van der Waals surface area contributed by atoms with Crippen LogP contribution in [0.15, 0.2) is 48.5 Å². The number of hydrogen-bond acceptors (Lipinski definition) is 5. The molecule has 2 rings (SSSR count). The Kier molecular flexibility index (Phi) is 8.34. The molecule has 0 saturated heterocycles. The van der Waals surface area contributed by atoms with Crippen LogP contribution in [0.4, 0.5) is 8.78 Å². The molecule has 0 aromatic heterocycles. The van der Waals surface area contributed by atoms with E-state index in [0.29, 0.717) is 23.7 Å². The normalized spacial score (nSPS) is 10.9.